The van der Waals surface area contributed by atoms with Gasteiger partial charge in [-0.15, -0.1) is 22.7 Å². The molecule has 0 bridgehead atoms. The molecule has 3 aliphatic carbocycles. The molecule has 6 heteroatoms. The van der Waals surface area contributed by atoms with Crippen molar-refractivity contribution in [2.75, 3.05) is 0 Å². The molecule has 0 saturated carbocycles. The first kappa shape index (κ1) is 30.5. The summed E-state index contributed by atoms with van der Waals surface area (Å²) in [6, 6.07) is 36.0. The third-order valence-electron chi connectivity index (χ3n) is 11.3. The molecule has 0 N–H and O–H groups in total. The predicted molar refractivity (Wildman–Crippen MR) is 216 cm³/mol. The van der Waals surface area contributed by atoms with Crippen LogP contribution in [0.25, 0.3) is 65.0 Å². The minimum atomic E-state index is -0.343. The summed E-state index contributed by atoms with van der Waals surface area (Å²) in [7, 11) is 0. The van der Waals surface area contributed by atoms with Crippen LogP contribution in [0, 0.1) is 0 Å². The summed E-state index contributed by atoms with van der Waals surface area (Å²) in [5.74, 6) is -0.975. The molecular formula is C47H26O4S2. The fourth-order valence-electron chi connectivity index (χ4n) is 8.44. The molecule has 0 aliphatic heterocycles. The minimum absolute atomic E-state index is 0.188. The number of carbonyl (C=O) groups is 4. The zero-order chi connectivity index (χ0) is 35.9. The van der Waals surface area contributed by atoms with Crippen molar-refractivity contribution in [3.63, 3.8) is 0 Å². The Balaban J connectivity index is 0.937. The summed E-state index contributed by atoms with van der Waals surface area (Å²) in [5.41, 5.74) is 4.12. The minimum Gasteiger partial charge on any atom is -0.288 e. The Labute approximate surface area is 311 Å². The predicted octanol–water partition coefficient (Wildman–Crippen LogP) is 11.7. The number of hydrogen-bond donors (Lipinski definition) is 0. The molecule has 8 aromatic rings. The van der Waals surface area contributed by atoms with Crippen molar-refractivity contribution < 1.29 is 19.2 Å². The van der Waals surface area contributed by atoms with Gasteiger partial charge < -0.3 is 0 Å². The molecule has 53 heavy (non-hydrogen) atoms. The van der Waals surface area contributed by atoms with E-state index in [4.69, 9.17) is 0 Å². The molecule has 2 aromatic heterocycles. The molecule has 0 unspecified atom stereocenters. The van der Waals surface area contributed by atoms with Gasteiger partial charge in [0.15, 0.2) is 23.1 Å². The molecule has 11 rings (SSSR count). The number of carbonyl (C=O) groups excluding carboxylic acids is 4. The van der Waals surface area contributed by atoms with Crippen molar-refractivity contribution in [2.24, 2.45) is 0 Å². The lowest BCUT2D eigenvalue weighted by Gasteiger charge is -2.18. The maximum Gasteiger partial charge on any atom is 0.197 e. The molecule has 0 fully saturated rings. The van der Waals surface area contributed by atoms with E-state index in [0.717, 1.165) is 73.7 Å². The Morgan fingerprint density at radius 2 is 0.717 bits per heavy atom. The number of Topliss-reactive ketones (excluding diaryl/α,β-unsaturated/α-hetero) is 4. The second-order valence-electron chi connectivity index (χ2n) is 14.7. The summed E-state index contributed by atoms with van der Waals surface area (Å²) in [6.07, 6.45) is 3.50. The fourth-order valence-corrected chi connectivity index (χ4v) is 11.1. The molecule has 0 saturated heterocycles. The number of hydrogen-bond acceptors (Lipinski definition) is 6. The van der Waals surface area contributed by atoms with Crippen LogP contribution in [0.2, 0.25) is 0 Å². The van der Waals surface area contributed by atoms with E-state index >= 15 is 0 Å². The molecule has 0 amide bonds. The third-order valence-corrected chi connectivity index (χ3v) is 13.6. The van der Waals surface area contributed by atoms with E-state index in [1.54, 1.807) is 34.8 Å². The fraction of sp³-hybridized carbons (Fsp3) is 0.0638. The maximum atomic E-state index is 13.7. The smallest absolute Gasteiger partial charge is 0.197 e. The molecule has 0 radical (unpaired) electrons. The summed E-state index contributed by atoms with van der Waals surface area (Å²) in [6.45, 7) is 4.33. The molecule has 0 spiro atoms. The van der Waals surface area contributed by atoms with Crippen molar-refractivity contribution in [3.8, 4) is 9.75 Å². The summed E-state index contributed by atoms with van der Waals surface area (Å²) >= 11 is 3.13. The van der Waals surface area contributed by atoms with Crippen LogP contribution in [-0.2, 0) is 5.41 Å². The van der Waals surface area contributed by atoms with E-state index in [1.165, 1.54) is 0 Å². The quantitative estimate of drug-likeness (QED) is 0.101. The van der Waals surface area contributed by atoms with Crippen LogP contribution in [0.15, 0.2) is 120 Å². The van der Waals surface area contributed by atoms with Crippen molar-refractivity contribution in [2.45, 2.75) is 19.3 Å². The van der Waals surface area contributed by atoms with Gasteiger partial charge >= 0.3 is 0 Å². The van der Waals surface area contributed by atoms with E-state index in [9.17, 15) is 19.2 Å². The highest BCUT2D eigenvalue weighted by Gasteiger charge is 2.41. The number of rotatable bonds is 2. The summed E-state index contributed by atoms with van der Waals surface area (Å²) in [5, 5.41) is 8.09. The zero-order valence-electron chi connectivity index (χ0n) is 28.5. The average molecular weight is 719 g/mol. The van der Waals surface area contributed by atoms with Gasteiger partial charge in [0.1, 0.15) is 0 Å². The van der Waals surface area contributed by atoms with Gasteiger partial charge in [-0.1, -0.05) is 62.4 Å². The second-order valence-corrected chi connectivity index (χ2v) is 16.9. The summed E-state index contributed by atoms with van der Waals surface area (Å²) < 4.78 is 0. The average Bonchev–Trinajstić information content (AvgIpc) is 3.92. The van der Waals surface area contributed by atoms with E-state index in [2.05, 4.69) is 50.2 Å². The van der Waals surface area contributed by atoms with Gasteiger partial charge in [0.2, 0.25) is 0 Å². The second kappa shape index (κ2) is 10.5. The van der Waals surface area contributed by atoms with Crippen LogP contribution in [-0.4, -0.2) is 23.1 Å². The Morgan fingerprint density at radius 1 is 0.415 bits per heavy atom. The van der Waals surface area contributed by atoms with Gasteiger partial charge in [0.25, 0.3) is 0 Å². The Kier molecular flexibility index (Phi) is 6.05. The normalized spacial score (nSPS) is 15.6. The highest BCUT2D eigenvalue weighted by atomic mass is 32.1. The maximum absolute atomic E-state index is 13.7. The van der Waals surface area contributed by atoms with Gasteiger partial charge in [-0.25, -0.2) is 0 Å². The van der Waals surface area contributed by atoms with E-state index in [0.29, 0.717) is 22.3 Å². The van der Waals surface area contributed by atoms with Crippen molar-refractivity contribution in [3.05, 3.63) is 163 Å². The Morgan fingerprint density at radius 3 is 1.02 bits per heavy atom. The lowest BCUT2D eigenvalue weighted by molar-refractivity contribution is 0.0975. The number of ketones is 4. The molecule has 2 heterocycles. The molecular weight excluding hydrogens is 693 g/mol. The lowest BCUT2D eigenvalue weighted by Crippen LogP contribution is -2.13. The van der Waals surface area contributed by atoms with Crippen LogP contribution < -0.4 is 0 Å². The Hall–Kier alpha value is -6.08. The van der Waals surface area contributed by atoms with Gasteiger partial charge in [0, 0.05) is 47.2 Å². The van der Waals surface area contributed by atoms with Crippen molar-refractivity contribution >= 4 is 101 Å². The first-order valence-corrected chi connectivity index (χ1v) is 19.1. The molecule has 4 nitrogen and oxygen atoms in total. The highest BCUT2D eigenvalue weighted by molar-refractivity contribution is 7.23. The first-order valence-electron chi connectivity index (χ1n) is 17.5. The van der Waals surface area contributed by atoms with Gasteiger partial charge in [-0.2, -0.15) is 0 Å². The molecule has 6 aromatic carbocycles. The Bertz CT molecular complexity index is 2800. The van der Waals surface area contributed by atoms with Crippen LogP contribution in [0.1, 0.15) is 76.2 Å². The topological polar surface area (TPSA) is 68.3 Å². The standard InChI is InChI=1S/C47H26O4S2/c1-47(2)39-21-31(19-37-41(48)33-15-27-11-23-7-3-4-8-24(23)12-28(27)16-34(33)42(37)49)52-45(39)46-40(47)22-32(53-46)20-38-43(50)35-17-29-13-25-9-5-6-10-26(25)14-30(29)18-36(35)44(38)51/h3-22H,1-2H3. The molecule has 0 atom stereocenters. The van der Waals surface area contributed by atoms with Crippen LogP contribution in [0.5, 0.6) is 0 Å². The first-order chi connectivity index (χ1) is 25.6. The van der Waals surface area contributed by atoms with E-state index in [1.807, 2.05) is 72.8 Å². The zero-order valence-corrected chi connectivity index (χ0v) is 30.1. The molecule has 3 aliphatic rings. The van der Waals surface area contributed by atoms with Gasteiger partial charge in [-0.3, -0.25) is 19.2 Å². The van der Waals surface area contributed by atoms with E-state index < -0.39 is 0 Å². The SMILES string of the molecule is CC1(C)c2cc(C=C3C(=O)c4cc5cc6ccccc6cc5cc4C3=O)sc2-c2sc(C=C3C(=O)c4cc5cc6ccccc6cc5cc4C3=O)cc21. The summed E-state index contributed by atoms with van der Waals surface area (Å²) in [4.78, 5) is 58.7. The van der Waals surface area contributed by atoms with Crippen molar-refractivity contribution in [1.29, 1.82) is 0 Å². The largest absolute Gasteiger partial charge is 0.288 e. The molecule has 250 valence electrons. The number of allylic oxidation sites excluding steroid dienone is 2. The lowest BCUT2D eigenvalue weighted by atomic mass is 9.83. The van der Waals surface area contributed by atoms with Crippen LogP contribution in [0.4, 0.5) is 0 Å². The van der Waals surface area contributed by atoms with Gasteiger partial charge in [0.05, 0.1) is 11.1 Å². The number of thiophene rings is 2. The monoisotopic (exact) mass is 718 g/mol. The van der Waals surface area contributed by atoms with Crippen molar-refractivity contribution in [1.82, 2.24) is 0 Å². The number of benzene rings is 6. The highest BCUT2D eigenvalue weighted by Crippen LogP contribution is 2.56. The van der Waals surface area contributed by atoms with E-state index in [-0.39, 0.29) is 39.7 Å². The van der Waals surface area contributed by atoms with Crippen LogP contribution in [0.3, 0.4) is 0 Å². The third kappa shape index (κ3) is 4.28. The van der Waals surface area contributed by atoms with Crippen LogP contribution >= 0.6 is 22.7 Å². The van der Waals surface area contributed by atoms with Gasteiger partial charge in [-0.05, 0) is 127 Å². The number of fused-ring (bicyclic) bond motifs is 9.